The molecule has 0 radical (unpaired) electrons. The molecular formula is C16H26N2O4S. The van der Waals surface area contributed by atoms with Crippen LogP contribution in [0.15, 0.2) is 24.3 Å². The summed E-state index contributed by atoms with van der Waals surface area (Å²) in [6.45, 7) is 7.53. The highest BCUT2D eigenvalue weighted by Crippen LogP contribution is 2.30. The average Bonchev–Trinajstić information content (AvgIpc) is 2.37. The Labute approximate surface area is 138 Å². The van der Waals surface area contributed by atoms with Crippen LogP contribution in [0.5, 0.6) is 5.75 Å². The first kappa shape index (κ1) is 19.3. The van der Waals surface area contributed by atoms with Gasteiger partial charge in [-0.25, -0.2) is 8.42 Å². The zero-order chi connectivity index (χ0) is 17.6. The number of carbonyl (C=O) groups excluding carboxylic acids is 1. The van der Waals surface area contributed by atoms with Crippen molar-refractivity contribution in [2.75, 3.05) is 17.1 Å². The molecule has 6 nitrogen and oxygen atoms in total. The summed E-state index contributed by atoms with van der Waals surface area (Å²) >= 11 is 0. The van der Waals surface area contributed by atoms with Gasteiger partial charge in [-0.2, -0.15) is 0 Å². The van der Waals surface area contributed by atoms with Crippen molar-refractivity contribution in [2.45, 2.75) is 46.3 Å². The second kappa shape index (κ2) is 8.19. The van der Waals surface area contributed by atoms with Gasteiger partial charge < -0.3 is 10.1 Å². The minimum absolute atomic E-state index is 0.0192. The summed E-state index contributed by atoms with van der Waals surface area (Å²) in [5.74, 6) is 0.299. The number of nitrogens with one attached hydrogen (secondary N) is 1. The van der Waals surface area contributed by atoms with Crippen molar-refractivity contribution in [3.8, 4) is 5.75 Å². The van der Waals surface area contributed by atoms with Gasteiger partial charge in [0.1, 0.15) is 5.75 Å². The van der Waals surface area contributed by atoms with E-state index in [0.717, 1.165) is 6.26 Å². The molecule has 0 saturated heterocycles. The molecule has 0 aliphatic rings. The number of hydrogen-bond acceptors (Lipinski definition) is 4. The molecule has 0 saturated carbocycles. The highest BCUT2D eigenvalue weighted by molar-refractivity contribution is 7.92. The van der Waals surface area contributed by atoms with Gasteiger partial charge >= 0.3 is 0 Å². The van der Waals surface area contributed by atoms with Crippen LogP contribution in [-0.2, 0) is 14.8 Å². The van der Waals surface area contributed by atoms with Gasteiger partial charge in [0.05, 0.1) is 18.0 Å². The fraction of sp³-hybridized carbons (Fsp3) is 0.562. The van der Waals surface area contributed by atoms with Gasteiger partial charge in [0.2, 0.25) is 15.9 Å². The highest BCUT2D eigenvalue weighted by Gasteiger charge is 2.22. The molecule has 0 aliphatic carbocycles. The smallest absolute Gasteiger partial charge is 0.232 e. The van der Waals surface area contributed by atoms with E-state index in [1.54, 1.807) is 24.3 Å². The lowest BCUT2D eigenvalue weighted by Gasteiger charge is -2.25. The van der Waals surface area contributed by atoms with Crippen LogP contribution in [0.25, 0.3) is 0 Å². The van der Waals surface area contributed by atoms with E-state index < -0.39 is 10.0 Å². The van der Waals surface area contributed by atoms with Crippen molar-refractivity contribution in [2.24, 2.45) is 0 Å². The zero-order valence-corrected chi connectivity index (χ0v) is 15.2. The summed E-state index contributed by atoms with van der Waals surface area (Å²) in [7, 11) is -3.53. The van der Waals surface area contributed by atoms with E-state index in [2.05, 4.69) is 5.32 Å². The number of amides is 1. The quantitative estimate of drug-likeness (QED) is 0.785. The molecule has 7 heteroatoms. The van der Waals surface area contributed by atoms with Crippen LogP contribution < -0.4 is 14.4 Å². The molecule has 0 bridgehead atoms. The number of anilines is 1. The number of hydrogen-bond donors (Lipinski definition) is 1. The Hall–Kier alpha value is -1.76. The van der Waals surface area contributed by atoms with Gasteiger partial charge in [0.25, 0.3) is 0 Å². The van der Waals surface area contributed by atoms with Gasteiger partial charge in [-0.15, -0.1) is 0 Å². The third-order valence-corrected chi connectivity index (χ3v) is 4.07. The molecule has 1 aromatic carbocycles. The van der Waals surface area contributed by atoms with Gasteiger partial charge in [-0.1, -0.05) is 12.1 Å². The van der Waals surface area contributed by atoms with E-state index in [-0.39, 0.29) is 31.0 Å². The molecular weight excluding hydrogens is 316 g/mol. The molecule has 0 fully saturated rings. The van der Waals surface area contributed by atoms with Crippen LogP contribution >= 0.6 is 0 Å². The third kappa shape index (κ3) is 6.48. The molecule has 23 heavy (non-hydrogen) atoms. The lowest BCUT2D eigenvalue weighted by Crippen LogP contribution is -2.36. The molecule has 1 amide bonds. The van der Waals surface area contributed by atoms with E-state index in [9.17, 15) is 13.2 Å². The van der Waals surface area contributed by atoms with Crippen LogP contribution in [0.2, 0.25) is 0 Å². The van der Waals surface area contributed by atoms with Crippen LogP contribution in [0.3, 0.4) is 0 Å². The Morgan fingerprint density at radius 3 is 2.35 bits per heavy atom. The van der Waals surface area contributed by atoms with Crippen molar-refractivity contribution in [1.29, 1.82) is 0 Å². The Morgan fingerprint density at radius 2 is 1.83 bits per heavy atom. The molecule has 1 rings (SSSR count). The van der Waals surface area contributed by atoms with Gasteiger partial charge in [-0.3, -0.25) is 9.10 Å². The van der Waals surface area contributed by atoms with E-state index in [4.69, 9.17) is 4.74 Å². The Bertz CT molecular complexity index is 627. The molecule has 0 atom stereocenters. The first-order valence-corrected chi connectivity index (χ1v) is 9.49. The fourth-order valence-corrected chi connectivity index (χ4v) is 3.01. The summed E-state index contributed by atoms with van der Waals surface area (Å²) in [5.41, 5.74) is 0.445. The van der Waals surface area contributed by atoms with E-state index >= 15 is 0 Å². The largest absolute Gasteiger partial charge is 0.489 e. The number of rotatable bonds is 8. The summed E-state index contributed by atoms with van der Waals surface area (Å²) in [5, 5.41) is 2.76. The van der Waals surface area contributed by atoms with Gasteiger partial charge in [0, 0.05) is 19.0 Å². The van der Waals surface area contributed by atoms with E-state index in [1.807, 2.05) is 27.7 Å². The van der Waals surface area contributed by atoms with Crippen molar-refractivity contribution in [3.05, 3.63) is 24.3 Å². The lowest BCUT2D eigenvalue weighted by molar-refractivity contribution is -0.121. The minimum atomic E-state index is -3.53. The first-order chi connectivity index (χ1) is 10.6. The zero-order valence-electron chi connectivity index (χ0n) is 14.4. The molecule has 0 aromatic heterocycles. The molecule has 0 unspecified atom stereocenters. The molecule has 0 spiro atoms. The SMILES string of the molecule is CC(C)NC(=O)CCN(c1ccccc1OC(C)C)S(C)(=O)=O. The van der Waals surface area contributed by atoms with Crippen LogP contribution in [0.4, 0.5) is 5.69 Å². The summed E-state index contributed by atoms with van der Waals surface area (Å²) < 4.78 is 31.2. The van der Waals surface area contributed by atoms with Crippen molar-refractivity contribution in [1.82, 2.24) is 5.32 Å². The fourth-order valence-electron chi connectivity index (χ4n) is 2.08. The maximum Gasteiger partial charge on any atom is 0.232 e. The molecule has 0 aliphatic heterocycles. The standard InChI is InChI=1S/C16H26N2O4S/c1-12(2)17-16(19)10-11-18(23(5,20)21)14-8-6-7-9-15(14)22-13(3)4/h6-9,12-13H,10-11H2,1-5H3,(H,17,19). The number of para-hydroxylation sites is 2. The average molecular weight is 342 g/mol. The van der Waals surface area contributed by atoms with Crippen LogP contribution in [0.1, 0.15) is 34.1 Å². The third-order valence-electron chi connectivity index (χ3n) is 2.89. The lowest BCUT2D eigenvalue weighted by atomic mass is 10.2. The first-order valence-electron chi connectivity index (χ1n) is 7.64. The number of ether oxygens (including phenoxy) is 1. The molecule has 130 valence electrons. The molecule has 1 aromatic rings. The minimum Gasteiger partial charge on any atom is -0.489 e. The Morgan fingerprint density at radius 1 is 1.22 bits per heavy atom. The number of carbonyl (C=O) groups is 1. The van der Waals surface area contributed by atoms with Gasteiger partial charge in [-0.05, 0) is 39.8 Å². The predicted octanol–water partition coefficient (Wildman–Crippen LogP) is 2.15. The maximum absolute atomic E-state index is 12.1. The van der Waals surface area contributed by atoms with Crippen molar-refractivity contribution in [3.63, 3.8) is 0 Å². The van der Waals surface area contributed by atoms with E-state index in [0.29, 0.717) is 11.4 Å². The summed E-state index contributed by atoms with van der Waals surface area (Å²) in [6.07, 6.45) is 1.13. The van der Waals surface area contributed by atoms with Crippen LogP contribution in [-0.4, -0.2) is 39.3 Å². The second-order valence-corrected chi connectivity index (χ2v) is 7.85. The molecule has 1 N–H and O–H groups in total. The maximum atomic E-state index is 12.1. The van der Waals surface area contributed by atoms with E-state index in [1.165, 1.54) is 4.31 Å². The predicted molar refractivity (Wildman–Crippen MR) is 92.3 cm³/mol. The summed E-state index contributed by atoms with van der Waals surface area (Å²) in [4.78, 5) is 11.8. The number of benzene rings is 1. The highest BCUT2D eigenvalue weighted by atomic mass is 32.2. The van der Waals surface area contributed by atoms with Gasteiger partial charge in [0.15, 0.2) is 0 Å². The second-order valence-electron chi connectivity index (χ2n) is 5.94. The Balaban J connectivity index is 3.02. The monoisotopic (exact) mass is 342 g/mol. The van der Waals surface area contributed by atoms with Crippen LogP contribution in [0, 0.1) is 0 Å². The summed E-state index contributed by atoms with van der Waals surface area (Å²) in [6, 6.07) is 6.95. The number of sulfonamides is 1. The van der Waals surface area contributed by atoms with Crippen molar-refractivity contribution < 1.29 is 17.9 Å². The molecule has 0 heterocycles. The Kier molecular flexibility index (Phi) is 6.87. The van der Waals surface area contributed by atoms with Crippen molar-refractivity contribution >= 4 is 21.6 Å². The normalized spacial score (nSPS) is 11.6. The number of nitrogens with zero attached hydrogens (tertiary/aromatic N) is 1. The topological polar surface area (TPSA) is 75.7 Å².